The SMILES string of the molecule is CC1(C)[C@H]2C[C@H]1[C@H](c1c(O)cc(C(F)(F)C(=O)OCCCO[N+](=O)[O-])cc1O)CC2=O. The molecule has 0 spiro atoms. The highest BCUT2D eigenvalue weighted by atomic mass is 19.3. The molecule has 2 N–H and O–H groups in total. The van der Waals surface area contributed by atoms with Crippen molar-refractivity contribution in [1.82, 2.24) is 0 Å². The first-order valence-corrected chi connectivity index (χ1v) is 9.78. The second-order valence-electron chi connectivity index (χ2n) is 8.54. The Labute approximate surface area is 176 Å². The Bertz CT molecular complexity index is 893. The van der Waals surface area contributed by atoms with Crippen LogP contribution in [0.2, 0.25) is 0 Å². The molecule has 0 aliphatic heterocycles. The summed E-state index contributed by atoms with van der Waals surface area (Å²) in [6.07, 6.45) is 0.537. The third-order valence-electron chi connectivity index (χ3n) is 6.48. The van der Waals surface area contributed by atoms with Crippen LogP contribution in [0.5, 0.6) is 11.5 Å². The van der Waals surface area contributed by atoms with Gasteiger partial charge in [0.25, 0.3) is 5.09 Å². The number of phenols is 2. The Balaban J connectivity index is 1.76. The van der Waals surface area contributed by atoms with Gasteiger partial charge in [0.1, 0.15) is 17.3 Å². The predicted molar refractivity (Wildman–Crippen MR) is 99.9 cm³/mol. The summed E-state index contributed by atoms with van der Waals surface area (Å²) >= 11 is 0. The third kappa shape index (κ3) is 4.00. The zero-order valence-corrected chi connectivity index (χ0v) is 17.0. The topological polar surface area (TPSA) is 136 Å². The number of carbonyl (C=O) groups excluding carboxylic acids is 2. The molecule has 0 saturated heterocycles. The van der Waals surface area contributed by atoms with Crippen molar-refractivity contribution >= 4 is 11.8 Å². The number of hydrogen-bond acceptors (Lipinski definition) is 8. The van der Waals surface area contributed by atoms with Crippen LogP contribution in [0.4, 0.5) is 8.78 Å². The summed E-state index contributed by atoms with van der Waals surface area (Å²) in [4.78, 5) is 38.2. The second-order valence-corrected chi connectivity index (χ2v) is 8.54. The molecule has 2 bridgehead atoms. The Hall–Kier alpha value is -2.98. The summed E-state index contributed by atoms with van der Waals surface area (Å²) in [6.45, 7) is 2.89. The van der Waals surface area contributed by atoms with Crippen molar-refractivity contribution in [2.45, 2.75) is 45.0 Å². The highest BCUT2D eigenvalue weighted by Crippen LogP contribution is 2.64. The van der Waals surface area contributed by atoms with E-state index in [2.05, 4.69) is 9.57 Å². The van der Waals surface area contributed by atoms with Gasteiger partial charge in [-0.15, -0.1) is 10.1 Å². The summed E-state index contributed by atoms with van der Waals surface area (Å²) in [5.74, 6) is -7.94. The average Bonchev–Trinajstić information content (AvgIpc) is 2.65. The summed E-state index contributed by atoms with van der Waals surface area (Å²) in [5, 5.41) is 29.8. The average molecular weight is 443 g/mol. The highest BCUT2D eigenvalue weighted by molar-refractivity contribution is 5.86. The number of aromatic hydroxyl groups is 2. The van der Waals surface area contributed by atoms with Crippen LogP contribution >= 0.6 is 0 Å². The predicted octanol–water partition coefficient (Wildman–Crippen LogP) is 3.05. The number of hydrogen-bond donors (Lipinski definition) is 2. The van der Waals surface area contributed by atoms with Crippen LogP contribution in [0, 0.1) is 27.4 Å². The van der Waals surface area contributed by atoms with Crippen molar-refractivity contribution in [3.05, 3.63) is 33.4 Å². The smallest absolute Gasteiger partial charge is 0.381 e. The van der Waals surface area contributed by atoms with Crippen LogP contribution in [-0.4, -0.2) is 40.3 Å². The largest absolute Gasteiger partial charge is 0.508 e. The first-order chi connectivity index (χ1) is 14.4. The molecule has 1 aromatic rings. The molecule has 0 heterocycles. The Kier molecular flexibility index (Phi) is 5.81. The van der Waals surface area contributed by atoms with E-state index in [1.807, 2.05) is 13.8 Å². The summed E-state index contributed by atoms with van der Waals surface area (Å²) in [6, 6.07) is 1.38. The Morgan fingerprint density at radius 3 is 2.42 bits per heavy atom. The van der Waals surface area contributed by atoms with Crippen molar-refractivity contribution in [3.63, 3.8) is 0 Å². The van der Waals surface area contributed by atoms with E-state index in [0.29, 0.717) is 18.6 Å². The number of alkyl halides is 2. The minimum Gasteiger partial charge on any atom is -0.508 e. The molecule has 3 aliphatic carbocycles. The molecule has 0 amide bonds. The molecule has 3 saturated carbocycles. The minimum absolute atomic E-state index is 0.00436. The molecule has 0 radical (unpaired) electrons. The van der Waals surface area contributed by atoms with Crippen LogP contribution < -0.4 is 0 Å². The van der Waals surface area contributed by atoms with E-state index in [1.165, 1.54) is 0 Å². The molecule has 0 aromatic heterocycles. The lowest BCUT2D eigenvalue weighted by Crippen LogP contribution is -2.56. The minimum atomic E-state index is -4.18. The summed E-state index contributed by atoms with van der Waals surface area (Å²) in [7, 11) is 0. The van der Waals surface area contributed by atoms with Crippen LogP contribution in [-0.2, 0) is 25.1 Å². The summed E-state index contributed by atoms with van der Waals surface area (Å²) in [5.41, 5.74) is -1.26. The van der Waals surface area contributed by atoms with Crippen LogP contribution in [0.1, 0.15) is 50.2 Å². The molecule has 0 unspecified atom stereocenters. The van der Waals surface area contributed by atoms with Crippen LogP contribution in [0.15, 0.2) is 12.1 Å². The number of carbonyl (C=O) groups is 2. The molecule has 1 aromatic carbocycles. The van der Waals surface area contributed by atoms with E-state index in [9.17, 15) is 38.7 Å². The molecular formula is C20H23F2NO8. The lowest BCUT2D eigenvalue weighted by molar-refractivity contribution is -0.757. The molecule has 11 heteroatoms. The molecule has 3 fully saturated rings. The number of benzene rings is 1. The maximum Gasteiger partial charge on any atom is 0.381 e. The van der Waals surface area contributed by atoms with Gasteiger partial charge in [0, 0.05) is 35.8 Å². The number of ether oxygens (including phenoxy) is 1. The van der Waals surface area contributed by atoms with E-state index in [0.717, 1.165) is 0 Å². The molecule has 3 atom stereocenters. The fraction of sp³-hybridized carbons (Fsp3) is 0.600. The number of halogens is 2. The number of rotatable bonds is 8. The van der Waals surface area contributed by atoms with Crippen LogP contribution in [0.3, 0.4) is 0 Å². The highest BCUT2D eigenvalue weighted by Gasteiger charge is 2.59. The molecule has 170 valence electrons. The molecule has 3 aliphatic rings. The number of ketones is 1. The molecule has 9 nitrogen and oxygen atoms in total. The van der Waals surface area contributed by atoms with E-state index in [4.69, 9.17) is 0 Å². The zero-order valence-electron chi connectivity index (χ0n) is 17.0. The molecule has 4 rings (SSSR count). The standard InChI is InChI=1S/C20H23F2NO8/c1-19(2)12-9-13(19)14(24)8-11(12)17-15(25)6-10(7-16(17)26)20(21,22)18(27)30-4-3-5-31-23(28)29/h6-7,11-13,25-26H,3-5,8-9H2,1-2H3/t11-,12+,13+/m1/s1. The van der Waals surface area contributed by atoms with Crippen molar-refractivity contribution in [1.29, 1.82) is 0 Å². The van der Waals surface area contributed by atoms with Gasteiger partial charge in [0.05, 0.1) is 13.2 Å². The van der Waals surface area contributed by atoms with E-state index >= 15 is 0 Å². The maximum atomic E-state index is 14.5. The number of phenolic OH excluding ortho intramolecular Hbond substituents is 2. The zero-order chi connectivity index (χ0) is 23.1. The van der Waals surface area contributed by atoms with Crippen molar-refractivity contribution in [2.24, 2.45) is 17.3 Å². The van der Waals surface area contributed by atoms with Gasteiger partial charge in [0.2, 0.25) is 0 Å². The fourth-order valence-electron chi connectivity index (χ4n) is 4.75. The third-order valence-corrected chi connectivity index (χ3v) is 6.48. The number of fused-ring (bicyclic) bond motifs is 2. The second kappa shape index (κ2) is 7.93. The quantitative estimate of drug-likeness (QED) is 0.271. The van der Waals surface area contributed by atoms with Crippen molar-refractivity contribution in [2.75, 3.05) is 13.2 Å². The van der Waals surface area contributed by atoms with Gasteiger partial charge < -0.3 is 19.8 Å². The molecular weight excluding hydrogens is 420 g/mol. The number of esters is 1. The van der Waals surface area contributed by atoms with Gasteiger partial charge in [-0.25, -0.2) is 4.79 Å². The Morgan fingerprint density at radius 2 is 1.90 bits per heavy atom. The van der Waals surface area contributed by atoms with Crippen molar-refractivity contribution in [3.8, 4) is 11.5 Å². The van der Waals surface area contributed by atoms with Crippen LogP contribution in [0.25, 0.3) is 0 Å². The number of Topliss-reactive ketones (excluding diaryl/α,β-unsaturated/α-hetero) is 1. The van der Waals surface area contributed by atoms with Gasteiger partial charge in [-0.2, -0.15) is 8.78 Å². The maximum absolute atomic E-state index is 14.5. The summed E-state index contributed by atoms with van der Waals surface area (Å²) < 4.78 is 33.4. The number of nitrogens with zero attached hydrogens (tertiary/aromatic N) is 1. The van der Waals surface area contributed by atoms with Gasteiger partial charge in [-0.1, -0.05) is 13.8 Å². The van der Waals surface area contributed by atoms with Gasteiger partial charge in [-0.3, -0.25) is 4.79 Å². The first-order valence-electron chi connectivity index (χ1n) is 9.78. The van der Waals surface area contributed by atoms with Gasteiger partial charge >= 0.3 is 11.9 Å². The lowest BCUT2D eigenvalue weighted by atomic mass is 9.44. The monoisotopic (exact) mass is 443 g/mol. The Morgan fingerprint density at radius 1 is 1.29 bits per heavy atom. The first kappa shape index (κ1) is 22.7. The van der Waals surface area contributed by atoms with Gasteiger partial charge in [-0.05, 0) is 29.9 Å². The van der Waals surface area contributed by atoms with E-state index in [-0.39, 0.29) is 41.4 Å². The fourth-order valence-corrected chi connectivity index (χ4v) is 4.75. The van der Waals surface area contributed by atoms with E-state index < -0.39 is 53.2 Å². The van der Waals surface area contributed by atoms with E-state index in [1.54, 1.807) is 0 Å². The lowest BCUT2D eigenvalue weighted by Gasteiger charge is -2.59. The molecule has 31 heavy (non-hydrogen) atoms. The van der Waals surface area contributed by atoms with Gasteiger partial charge in [0.15, 0.2) is 0 Å². The van der Waals surface area contributed by atoms with Crippen molar-refractivity contribution < 1.29 is 43.2 Å². The normalized spacial score (nSPS) is 24.3.